The molecule has 0 bridgehead atoms. The maximum absolute atomic E-state index is 12.2. The summed E-state index contributed by atoms with van der Waals surface area (Å²) in [6.45, 7) is 6.68. The predicted molar refractivity (Wildman–Crippen MR) is 173 cm³/mol. The van der Waals surface area contributed by atoms with Gasteiger partial charge < -0.3 is 5.11 Å². The predicted octanol–water partition coefficient (Wildman–Crippen LogP) is 10.8. The molecule has 0 radical (unpaired) electrons. The van der Waals surface area contributed by atoms with Gasteiger partial charge in [-0.2, -0.15) is 0 Å². The normalized spacial score (nSPS) is 25.5. The topological polar surface area (TPSA) is 32.6 Å². The van der Waals surface area contributed by atoms with Crippen LogP contribution < -0.4 is 0 Å². The average molecular weight is 552 g/mol. The molecular formula is C37H46NOP. The van der Waals surface area contributed by atoms with Crippen LogP contribution in [0.15, 0.2) is 65.7 Å². The van der Waals surface area contributed by atoms with Gasteiger partial charge in [0.1, 0.15) is 5.75 Å². The zero-order chi connectivity index (χ0) is 27.7. The van der Waals surface area contributed by atoms with Crippen LogP contribution in [-0.2, 0) is 5.41 Å². The third-order valence-corrected chi connectivity index (χ3v) is 13.3. The molecule has 2 nitrogen and oxygen atoms in total. The van der Waals surface area contributed by atoms with Gasteiger partial charge in [-0.05, 0) is 87.3 Å². The van der Waals surface area contributed by atoms with Crippen LogP contribution in [0.4, 0.5) is 5.69 Å². The van der Waals surface area contributed by atoms with E-state index in [1.807, 2.05) is 0 Å². The summed E-state index contributed by atoms with van der Waals surface area (Å²) >= 11 is 0. The van der Waals surface area contributed by atoms with E-state index in [0.717, 1.165) is 28.8 Å². The molecule has 2 unspecified atom stereocenters. The Bertz CT molecular complexity index is 1340. The molecule has 1 aliphatic heterocycles. The maximum atomic E-state index is 12.2. The van der Waals surface area contributed by atoms with E-state index in [1.54, 1.807) is 0 Å². The maximum Gasteiger partial charge on any atom is 0.127 e. The molecule has 0 spiro atoms. The molecule has 3 aromatic rings. The number of phenolic OH excluding ortho intramolecular Hbond substituents is 1. The molecule has 3 aliphatic rings. The molecule has 3 aromatic carbocycles. The first-order valence-corrected chi connectivity index (χ1v) is 17.4. The van der Waals surface area contributed by atoms with Gasteiger partial charge in [0, 0.05) is 16.5 Å². The van der Waals surface area contributed by atoms with Crippen LogP contribution in [0.2, 0.25) is 0 Å². The Hall–Kier alpha value is -2.44. The monoisotopic (exact) mass is 551 g/mol. The van der Waals surface area contributed by atoms with Crippen molar-refractivity contribution in [1.29, 1.82) is 0 Å². The molecule has 3 heteroatoms. The number of aryl methyl sites for hydroxylation is 3. The van der Waals surface area contributed by atoms with Crippen LogP contribution in [0.1, 0.15) is 92.9 Å². The van der Waals surface area contributed by atoms with Crippen molar-refractivity contribution >= 4 is 19.1 Å². The summed E-state index contributed by atoms with van der Waals surface area (Å²) in [5.41, 5.74) is 10.4. The number of aromatic hydroxyl groups is 1. The summed E-state index contributed by atoms with van der Waals surface area (Å²) in [5.74, 6) is 1.03. The molecule has 0 amide bonds. The highest BCUT2D eigenvalue weighted by Gasteiger charge is 2.54. The molecule has 2 atom stereocenters. The first-order valence-electron chi connectivity index (χ1n) is 15.8. The van der Waals surface area contributed by atoms with Crippen LogP contribution >= 0.6 is 7.92 Å². The molecular weight excluding hydrogens is 505 g/mol. The van der Waals surface area contributed by atoms with Crippen LogP contribution in [-0.4, -0.2) is 22.4 Å². The number of phenols is 1. The second-order valence-electron chi connectivity index (χ2n) is 12.8. The summed E-state index contributed by atoms with van der Waals surface area (Å²) in [7, 11) is -0.357. The molecule has 6 rings (SSSR count). The van der Waals surface area contributed by atoms with E-state index in [-0.39, 0.29) is 13.3 Å². The van der Waals surface area contributed by atoms with Gasteiger partial charge >= 0.3 is 0 Å². The van der Waals surface area contributed by atoms with Gasteiger partial charge in [0.05, 0.1) is 11.1 Å². The number of benzene rings is 3. The first-order chi connectivity index (χ1) is 19.5. The number of hydrogen-bond acceptors (Lipinski definition) is 2. The highest BCUT2D eigenvalue weighted by atomic mass is 31.1. The first kappa shape index (κ1) is 27.7. The van der Waals surface area contributed by atoms with Gasteiger partial charge in [-0.1, -0.05) is 113 Å². The van der Waals surface area contributed by atoms with E-state index in [0.29, 0.717) is 11.7 Å². The lowest BCUT2D eigenvalue weighted by atomic mass is 9.63. The van der Waals surface area contributed by atoms with E-state index in [9.17, 15) is 5.11 Å². The number of hydrogen-bond donors (Lipinski definition) is 1. The summed E-state index contributed by atoms with van der Waals surface area (Å²) in [6.07, 6.45) is 15.6. The van der Waals surface area contributed by atoms with Gasteiger partial charge in [-0.25, -0.2) is 0 Å². The fourth-order valence-electron chi connectivity index (χ4n) is 8.35. The summed E-state index contributed by atoms with van der Waals surface area (Å²) in [6, 6.07) is 21.6. The van der Waals surface area contributed by atoms with Crippen LogP contribution in [0.3, 0.4) is 0 Å². The smallest absolute Gasteiger partial charge is 0.127 e. The minimum atomic E-state index is -0.357. The SMILES string of the molecule is Cc1cc(C)c(N=C2P(C3CCCCC3)CCC2(c2cccc(-c3ccccc3)c2O)C2CCCCC2)c(C)c1. The van der Waals surface area contributed by atoms with Gasteiger partial charge in [0.25, 0.3) is 0 Å². The second-order valence-corrected chi connectivity index (χ2v) is 15.3. The highest BCUT2D eigenvalue weighted by molar-refractivity contribution is 7.76. The molecule has 3 fully saturated rings. The molecule has 210 valence electrons. The van der Waals surface area contributed by atoms with Crippen molar-refractivity contribution in [2.24, 2.45) is 10.9 Å². The Morgan fingerprint density at radius 1 is 0.775 bits per heavy atom. The summed E-state index contributed by atoms with van der Waals surface area (Å²) in [4.78, 5) is 5.84. The number of para-hydroxylation sites is 1. The molecule has 2 aliphatic carbocycles. The Labute approximate surface area is 243 Å². The van der Waals surface area contributed by atoms with Gasteiger partial charge in [-0.15, -0.1) is 0 Å². The minimum absolute atomic E-state index is 0.178. The largest absolute Gasteiger partial charge is 0.507 e. The van der Waals surface area contributed by atoms with E-state index in [1.165, 1.54) is 98.2 Å². The lowest BCUT2D eigenvalue weighted by Crippen LogP contribution is -2.41. The number of aliphatic imine (C=N–C) groups is 1. The van der Waals surface area contributed by atoms with E-state index < -0.39 is 0 Å². The molecule has 40 heavy (non-hydrogen) atoms. The molecule has 0 aromatic heterocycles. The minimum Gasteiger partial charge on any atom is -0.507 e. The van der Waals surface area contributed by atoms with Crippen LogP contribution in [0, 0.1) is 26.7 Å². The fraction of sp³-hybridized carbons (Fsp3) is 0.486. The van der Waals surface area contributed by atoms with Crippen LogP contribution in [0.5, 0.6) is 5.75 Å². The second kappa shape index (κ2) is 11.8. The summed E-state index contributed by atoms with van der Waals surface area (Å²) in [5, 5.41) is 12.2. The van der Waals surface area contributed by atoms with E-state index in [2.05, 4.69) is 81.4 Å². The third kappa shape index (κ3) is 5.07. The van der Waals surface area contributed by atoms with Crippen LogP contribution in [0.25, 0.3) is 11.1 Å². The van der Waals surface area contributed by atoms with Crippen molar-refractivity contribution in [3.05, 3.63) is 82.9 Å². The molecule has 1 N–H and O–H groups in total. The van der Waals surface area contributed by atoms with Crippen molar-refractivity contribution in [2.45, 2.75) is 102 Å². The van der Waals surface area contributed by atoms with Crippen molar-refractivity contribution in [3.8, 4) is 16.9 Å². The number of rotatable bonds is 5. The van der Waals surface area contributed by atoms with Gasteiger partial charge in [0.15, 0.2) is 0 Å². The zero-order valence-electron chi connectivity index (χ0n) is 24.8. The Kier molecular flexibility index (Phi) is 8.18. The van der Waals surface area contributed by atoms with Gasteiger partial charge in [0.2, 0.25) is 0 Å². The van der Waals surface area contributed by atoms with Crippen molar-refractivity contribution in [3.63, 3.8) is 0 Å². The summed E-state index contributed by atoms with van der Waals surface area (Å²) < 4.78 is 0. The van der Waals surface area contributed by atoms with Crippen molar-refractivity contribution in [2.75, 3.05) is 6.16 Å². The standard InChI is InChI=1S/C37H46NOP/c1-26-24-27(2)34(28(3)25-26)38-36-37(30-16-9-5-10-17-30,22-23-40(36)31-18-11-6-12-19-31)33-21-13-20-32(35(33)39)29-14-7-4-8-15-29/h4,7-8,13-15,20-21,24-25,30-31,39H,5-6,9-12,16-19,22-23H2,1-3H3. The molecule has 2 saturated carbocycles. The lowest BCUT2D eigenvalue weighted by molar-refractivity contribution is 0.257. The molecule has 1 heterocycles. The zero-order valence-corrected chi connectivity index (χ0v) is 25.6. The quantitative estimate of drug-likeness (QED) is 0.314. The average Bonchev–Trinajstić information content (AvgIpc) is 3.36. The van der Waals surface area contributed by atoms with E-state index in [4.69, 9.17) is 4.99 Å². The Morgan fingerprint density at radius 2 is 1.43 bits per heavy atom. The fourth-order valence-corrected chi connectivity index (χ4v) is 12.0. The Morgan fingerprint density at radius 3 is 2.10 bits per heavy atom. The van der Waals surface area contributed by atoms with E-state index >= 15 is 0 Å². The lowest BCUT2D eigenvalue weighted by Gasteiger charge is -2.43. The van der Waals surface area contributed by atoms with Crippen molar-refractivity contribution < 1.29 is 5.11 Å². The molecule has 1 saturated heterocycles. The van der Waals surface area contributed by atoms with Crippen molar-refractivity contribution in [1.82, 2.24) is 0 Å². The highest BCUT2D eigenvalue weighted by Crippen LogP contribution is 2.66. The van der Waals surface area contributed by atoms with Gasteiger partial charge in [-0.3, -0.25) is 4.99 Å². The Balaban J connectivity index is 1.59. The third-order valence-electron chi connectivity index (χ3n) is 10.2. The number of nitrogens with zero attached hydrogens (tertiary/aromatic N) is 1.